The second-order valence-corrected chi connectivity index (χ2v) is 7.91. The maximum absolute atomic E-state index is 12.8. The molecule has 0 radical (unpaired) electrons. The molecule has 1 heterocycles. The van der Waals surface area contributed by atoms with Crippen molar-refractivity contribution in [3.05, 3.63) is 53.1 Å². The van der Waals surface area contributed by atoms with Gasteiger partial charge < -0.3 is 19.9 Å². The molecule has 1 aliphatic rings. The standard InChI is InChI=1S/C23H28ClN3O3/c1-4-21(28)26-12-14-27(15-13-26)22-19(24)6-5-7-20(22)25-23(29)17-8-10-18(11-9-17)30-16(2)3/h5-11,16H,4,12-15H2,1-3H3,(H,25,29). The Morgan fingerprint density at radius 2 is 1.73 bits per heavy atom. The van der Waals surface area contributed by atoms with E-state index in [1.165, 1.54) is 0 Å². The average Bonchev–Trinajstić information content (AvgIpc) is 2.73. The van der Waals surface area contributed by atoms with Crippen LogP contribution in [0.3, 0.4) is 0 Å². The van der Waals surface area contributed by atoms with Crippen LogP contribution in [0.25, 0.3) is 0 Å². The highest BCUT2D eigenvalue weighted by molar-refractivity contribution is 6.34. The van der Waals surface area contributed by atoms with Gasteiger partial charge in [-0.2, -0.15) is 0 Å². The van der Waals surface area contributed by atoms with E-state index in [1.54, 1.807) is 24.3 Å². The fourth-order valence-electron chi connectivity index (χ4n) is 3.49. The summed E-state index contributed by atoms with van der Waals surface area (Å²) in [5.41, 5.74) is 1.98. The number of hydrogen-bond acceptors (Lipinski definition) is 4. The van der Waals surface area contributed by atoms with Gasteiger partial charge in [0.05, 0.1) is 22.5 Å². The highest BCUT2D eigenvalue weighted by Crippen LogP contribution is 2.35. The molecule has 0 atom stereocenters. The third kappa shape index (κ3) is 5.25. The number of nitrogens with zero attached hydrogens (tertiary/aromatic N) is 2. The first kappa shape index (κ1) is 22.0. The zero-order valence-electron chi connectivity index (χ0n) is 17.7. The molecule has 7 heteroatoms. The lowest BCUT2D eigenvalue weighted by atomic mass is 10.1. The molecule has 1 fully saturated rings. The molecule has 0 saturated carbocycles. The van der Waals surface area contributed by atoms with Gasteiger partial charge in [0, 0.05) is 38.2 Å². The van der Waals surface area contributed by atoms with Crippen molar-refractivity contribution in [3.63, 3.8) is 0 Å². The van der Waals surface area contributed by atoms with Gasteiger partial charge in [-0.15, -0.1) is 0 Å². The number of carbonyl (C=O) groups is 2. The Balaban J connectivity index is 1.73. The number of anilines is 2. The Kier molecular flexibility index (Phi) is 7.21. The third-order valence-corrected chi connectivity index (χ3v) is 5.28. The van der Waals surface area contributed by atoms with Crippen molar-refractivity contribution in [1.82, 2.24) is 4.90 Å². The Bertz CT molecular complexity index is 891. The van der Waals surface area contributed by atoms with Crippen LogP contribution in [0, 0.1) is 0 Å². The van der Waals surface area contributed by atoms with Crippen LogP contribution in [-0.4, -0.2) is 49.0 Å². The van der Waals surface area contributed by atoms with Crippen molar-refractivity contribution in [2.45, 2.75) is 33.3 Å². The van der Waals surface area contributed by atoms with E-state index < -0.39 is 0 Å². The van der Waals surface area contributed by atoms with E-state index in [0.717, 1.165) is 11.4 Å². The minimum absolute atomic E-state index is 0.0757. The van der Waals surface area contributed by atoms with E-state index in [1.807, 2.05) is 43.9 Å². The van der Waals surface area contributed by atoms with E-state index in [2.05, 4.69) is 10.2 Å². The van der Waals surface area contributed by atoms with E-state index in [4.69, 9.17) is 16.3 Å². The molecule has 2 aromatic rings. The average molecular weight is 430 g/mol. The zero-order chi connectivity index (χ0) is 21.7. The summed E-state index contributed by atoms with van der Waals surface area (Å²) in [7, 11) is 0. The fraction of sp³-hybridized carbons (Fsp3) is 0.391. The summed E-state index contributed by atoms with van der Waals surface area (Å²) in [4.78, 5) is 28.7. The molecule has 30 heavy (non-hydrogen) atoms. The van der Waals surface area contributed by atoms with Crippen LogP contribution >= 0.6 is 11.6 Å². The number of piperazine rings is 1. The summed E-state index contributed by atoms with van der Waals surface area (Å²) in [6.07, 6.45) is 0.584. The summed E-state index contributed by atoms with van der Waals surface area (Å²) >= 11 is 6.50. The van der Waals surface area contributed by atoms with Crippen LogP contribution in [0.15, 0.2) is 42.5 Å². The molecule has 0 spiro atoms. The second kappa shape index (κ2) is 9.85. The van der Waals surface area contributed by atoms with E-state index >= 15 is 0 Å². The first-order valence-corrected chi connectivity index (χ1v) is 10.7. The monoisotopic (exact) mass is 429 g/mol. The van der Waals surface area contributed by atoms with Gasteiger partial charge in [-0.1, -0.05) is 24.6 Å². The SMILES string of the molecule is CCC(=O)N1CCN(c2c(Cl)cccc2NC(=O)c2ccc(OC(C)C)cc2)CC1. The van der Waals surface area contributed by atoms with E-state index in [9.17, 15) is 9.59 Å². The molecule has 1 saturated heterocycles. The minimum Gasteiger partial charge on any atom is -0.491 e. The van der Waals surface area contributed by atoms with Crippen LogP contribution < -0.4 is 15.0 Å². The first-order valence-electron chi connectivity index (χ1n) is 10.3. The number of ether oxygens (including phenoxy) is 1. The smallest absolute Gasteiger partial charge is 0.255 e. The number of para-hydroxylation sites is 1. The molecule has 0 aliphatic carbocycles. The van der Waals surface area contributed by atoms with Crippen LogP contribution in [0.1, 0.15) is 37.6 Å². The molecular weight excluding hydrogens is 402 g/mol. The highest BCUT2D eigenvalue weighted by Gasteiger charge is 2.24. The van der Waals surface area contributed by atoms with E-state index in [0.29, 0.717) is 48.9 Å². The lowest BCUT2D eigenvalue weighted by molar-refractivity contribution is -0.131. The predicted octanol–water partition coefficient (Wildman–Crippen LogP) is 4.44. The van der Waals surface area contributed by atoms with Crippen molar-refractivity contribution < 1.29 is 14.3 Å². The first-order chi connectivity index (χ1) is 14.4. The summed E-state index contributed by atoms with van der Waals surface area (Å²) in [5.74, 6) is 0.672. The second-order valence-electron chi connectivity index (χ2n) is 7.50. The number of rotatable bonds is 6. The molecule has 1 aliphatic heterocycles. The molecular formula is C23H28ClN3O3. The largest absolute Gasteiger partial charge is 0.491 e. The quantitative estimate of drug-likeness (QED) is 0.737. The van der Waals surface area contributed by atoms with Crippen molar-refractivity contribution in [1.29, 1.82) is 0 Å². The molecule has 0 unspecified atom stereocenters. The van der Waals surface area contributed by atoms with Gasteiger partial charge >= 0.3 is 0 Å². The minimum atomic E-state index is -0.214. The number of halogens is 1. The van der Waals surface area contributed by atoms with Gasteiger partial charge in [-0.05, 0) is 50.2 Å². The van der Waals surface area contributed by atoms with Crippen LogP contribution in [0.4, 0.5) is 11.4 Å². The van der Waals surface area contributed by atoms with Crippen molar-refractivity contribution >= 4 is 34.8 Å². The lowest BCUT2D eigenvalue weighted by Crippen LogP contribution is -2.48. The molecule has 6 nitrogen and oxygen atoms in total. The topological polar surface area (TPSA) is 61.9 Å². The van der Waals surface area contributed by atoms with Crippen molar-refractivity contribution in [2.75, 3.05) is 36.4 Å². The Hall–Kier alpha value is -2.73. The number of carbonyl (C=O) groups excluding carboxylic acids is 2. The zero-order valence-corrected chi connectivity index (χ0v) is 18.4. The molecule has 160 valence electrons. The normalized spacial score (nSPS) is 14.0. The molecule has 0 bridgehead atoms. The molecule has 1 N–H and O–H groups in total. The molecule has 3 rings (SSSR count). The summed E-state index contributed by atoms with van der Waals surface area (Å²) in [6, 6.07) is 12.5. The maximum Gasteiger partial charge on any atom is 0.255 e. The highest BCUT2D eigenvalue weighted by atomic mass is 35.5. The van der Waals surface area contributed by atoms with Gasteiger partial charge in [0.15, 0.2) is 0 Å². The summed E-state index contributed by atoms with van der Waals surface area (Å²) in [5, 5.41) is 3.56. The van der Waals surface area contributed by atoms with Gasteiger partial charge in [-0.3, -0.25) is 9.59 Å². The number of hydrogen-bond donors (Lipinski definition) is 1. The van der Waals surface area contributed by atoms with Gasteiger partial charge in [0.2, 0.25) is 5.91 Å². The maximum atomic E-state index is 12.8. The van der Waals surface area contributed by atoms with Crippen LogP contribution in [0.2, 0.25) is 5.02 Å². The van der Waals surface area contributed by atoms with Gasteiger partial charge in [-0.25, -0.2) is 0 Å². The fourth-order valence-corrected chi connectivity index (χ4v) is 3.79. The predicted molar refractivity (Wildman–Crippen MR) is 121 cm³/mol. The van der Waals surface area contributed by atoms with Crippen LogP contribution in [0.5, 0.6) is 5.75 Å². The number of nitrogens with one attached hydrogen (secondary N) is 1. The number of amides is 2. The molecule has 2 aromatic carbocycles. The van der Waals surface area contributed by atoms with E-state index in [-0.39, 0.29) is 17.9 Å². The van der Waals surface area contributed by atoms with Gasteiger partial charge in [0.1, 0.15) is 5.75 Å². The Morgan fingerprint density at radius 1 is 1.07 bits per heavy atom. The van der Waals surface area contributed by atoms with Gasteiger partial charge in [0.25, 0.3) is 5.91 Å². The summed E-state index contributed by atoms with van der Waals surface area (Å²) in [6.45, 7) is 8.40. The summed E-state index contributed by atoms with van der Waals surface area (Å²) < 4.78 is 5.63. The Morgan fingerprint density at radius 3 is 2.33 bits per heavy atom. The Labute approximate surface area is 182 Å². The molecule has 0 aromatic heterocycles. The lowest BCUT2D eigenvalue weighted by Gasteiger charge is -2.37. The molecule has 2 amide bonds. The van der Waals surface area contributed by atoms with Crippen molar-refractivity contribution in [2.24, 2.45) is 0 Å². The number of benzene rings is 2. The third-order valence-electron chi connectivity index (χ3n) is 4.97. The van der Waals surface area contributed by atoms with Crippen molar-refractivity contribution in [3.8, 4) is 5.75 Å². The van der Waals surface area contributed by atoms with Crippen LogP contribution in [-0.2, 0) is 4.79 Å².